The third-order valence-corrected chi connectivity index (χ3v) is 7.53. The Morgan fingerprint density at radius 2 is 1.86 bits per heavy atom. The first kappa shape index (κ1) is 25.0. The van der Waals surface area contributed by atoms with Crippen LogP contribution in [0.2, 0.25) is 10.0 Å². The molecule has 184 valence electrons. The molecule has 0 bridgehead atoms. The summed E-state index contributed by atoms with van der Waals surface area (Å²) < 4.78 is 8.33. The van der Waals surface area contributed by atoms with Gasteiger partial charge in [-0.2, -0.15) is 9.78 Å². The van der Waals surface area contributed by atoms with Gasteiger partial charge in [-0.25, -0.2) is 4.98 Å². The highest BCUT2D eigenvalue weighted by molar-refractivity contribution is 9.10. The van der Waals surface area contributed by atoms with Crippen molar-refractivity contribution in [2.75, 3.05) is 0 Å². The van der Waals surface area contributed by atoms with Gasteiger partial charge in [0.2, 0.25) is 0 Å². The Balaban J connectivity index is 1.54. The zero-order valence-corrected chi connectivity index (χ0v) is 22.6. The summed E-state index contributed by atoms with van der Waals surface area (Å²) in [6.07, 6.45) is 7.06. The van der Waals surface area contributed by atoms with Crippen molar-refractivity contribution in [1.82, 2.24) is 9.66 Å². The van der Waals surface area contributed by atoms with E-state index in [1.807, 2.05) is 36.4 Å². The molecule has 4 aromatic rings. The number of benzene rings is 3. The highest BCUT2D eigenvalue weighted by Gasteiger charge is 2.22. The molecule has 3 aromatic carbocycles. The average molecular weight is 585 g/mol. The lowest BCUT2D eigenvalue weighted by atomic mass is 9.88. The van der Waals surface area contributed by atoms with Crippen LogP contribution in [0.4, 0.5) is 0 Å². The van der Waals surface area contributed by atoms with Crippen LogP contribution in [0.15, 0.2) is 75.0 Å². The predicted octanol–water partition coefficient (Wildman–Crippen LogP) is 7.97. The van der Waals surface area contributed by atoms with E-state index in [1.165, 1.54) is 11.1 Å². The lowest BCUT2D eigenvalue weighted by molar-refractivity contribution is 0.306. The lowest BCUT2D eigenvalue weighted by Crippen LogP contribution is -2.25. The summed E-state index contributed by atoms with van der Waals surface area (Å²) in [6.45, 7) is 0.293. The van der Waals surface area contributed by atoms with E-state index in [0.29, 0.717) is 44.7 Å². The molecular weight excluding hydrogens is 561 g/mol. The molecule has 0 amide bonds. The number of hydrogen-bond donors (Lipinski definition) is 0. The highest BCUT2D eigenvalue weighted by atomic mass is 79.9. The molecule has 0 saturated heterocycles. The first-order valence-corrected chi connectivity index (χ1v) is 13.5. The Morgan fingerprint density at radius 3 is 2.67 bits per heavy atom. The Morgan fingerprint density at radius 1 is 1.06 bits per heavy atom. The normalized spacial score (nSPS) is 14.5. The number of aromatic nitrogens is 2. The minimum absolute atomic E-state index is 0.187. The Bertz CT molecular complexity index is 1500. The Hall–Kier alpha value is -2.67. The SMILES string of the molecule is O=c1c2cc(Br)ccc2nc(C2CCCCC2)n1N=Cc1cc(Cl)ccc1OCc1ccccc1Cl. The monoisotopic (exact) mass is 583 g/mol. The zero-order valence-electron chi connectivity index (χ0n) is 19.5. The zero-order chi connectivity index (χ0) is 25.1. The van der Waals surface area contributed by atoms with Crippen LogP contribution in [0.1, 0.15) is 55.0 Å². The fourth-order valence-electron chi connectivity index (χ4n) is 4.55. The van der Waals surface area contributed by atoms with Gasteiger partial charge in [0.05, 0.1) is 17.1 Å². The average Bonchev–Trinajstić information content (AvgIpc) is 2.89. The molecule has 0 unspecified atom stereocenters. The predicted molar refractivity (Wildman–Crippen MR) is 150 cm³/mol. The van der Waals surface area contributed by atoms with Crippen molar-refractivity contribution in [3.63, 3.8) is 0 Å². The maximum Gasteiger partial charge on any atom is 0.282 e. The standard InChI is InChI=1S/C28H24BrCl2N3O2/c29-21-10-12-25-23(15-21)28(35)34(27(33-25)18-6-2-1-3-7-18)32-16-20-14-22(30)11-13-26(20)36-17-19-8-4-5-9-24(19)31/h4-5,8-16,18H,1-3,6-7,17H2. The summed E-state index contributed by atoms with van der Waals surface area (Å²) in [7, 11) is 0. The molecule has 8 heteroatoms. The van der Waals surface area contributed by atoms with E-state index in [1.54, 1.807) is 30.5 Å². The van der Waals surface area contributed by atoms with Crippen LogP contribution in [0.3, 0.4) is 0 Å². The number of nitrogens with zero attached hydrogens (tertiary/aromatic N) is 3. The van der Waals surface area contributed by atoms with Crippen LogP contribution in [0.25, 0.3) is 10.9 Å². The molecule has 1 aliphatic rings. The first-order valence-electron chi connectivity index (χ1n) is 11.9. The number of rotatable bonds is 6. The third-order valence-electron chi connectivity index (χ3n) is 6.43. The van der Waals surface area contributed by atoms with Gasteiger partial charge in [-0.15, -0.1) is 0 Å². The van der Waals surface area contributed by atoms with Crippen LogP contribution in [0, 0.1) is 0 Å². The summed E-state index contributed by atoms with van der Waals surface area (Å²) >= 11 is 16.1. The summed E-state index contributed by atoms with van der Waals surface area (Å²) in [5.74, 6) is 1.48. The summed E-state index contributed by atoms with van der Waals surface area (Å²) in [5, 5.41) is 6.34. The van der Waals surface area contributed by atoms with Gasteiger partial charge in [-0.05, 0) is 55.3 Å². The van der Waals surface area contributed by atoms with Crippen LogP contribution in [-0.2, 0) is 6.61 Å². The number of hydrogen-bond acceptors (Lipinski definition) is 4. The van der Waals surface area contributed by atoms with Crippen LogP contribution in [-0.4, -0.2) is 15.9 Å². The maximum absolute atomic E-state index is 13.6. The molecule has 0 atom stereocenters. The lowest BCUT2D eigenvalue weighted by Gasteiger charge is -2.22. The van der Waals surface area contributed by atoms with Crippen LogP contribution < -0.4 is 10.3 Å². The molecule has 36 heavy (non-hydrogen) atoms. The van der Waals surface area contributed by atoms with Crippen molar-refractivity contribution in [1.29, 1.82) is 0 Å². The molecule has 5 nitrogen and oxygen atoms in total. The largest absolute Gasteiger partial charge is 0.488 e. The molecule has 1 aliphatic carbocycles. The number of halogens is 3. The summed E-state index contributed by atoms with van der Waals surface area (Å²) in [4.78, 5) is 18.5. The van der Waals surface area contributed by atoms with E-state index < -0.39 is 0 Å². The van der Waals surface area contributed by atoms with Crippen molar-refractivity contribution in [2.24, 2.45) is 5.10 Å². The topological polar surface area (TPSA) is 56.5 Å². The van der Waals surface area contributed by atoms with Crippen molar-refractivity contribution >= 4 is 56.2 Å². The molecular formula is C28H24BrCl2N3O2. The summed E-state index contributed by atoms with van der Waals surface area (Å²) in [5.41, 5.74) is 2.02. The van der Waals surface area contributed by atoms with E-state index >= 15 is 0 Å². The minimum Gasteiger partial charge on any atom is -0.488 e. The molecule has 1 fully saturated rings. The molecule has 1 heterocycles. The molecule has 0 radical (unpaired) electrons. The van der Waals surface area contributed by atoms with Crippen molar-refractivity contribution in [2.45, 2.75) is 44.6 Å². The van der Waals surface area contributed by atoms with Gasteiger partial charge in [0.1, 0.15) is 18.2 Å². The van der Waals surface area contributed by atoms with Gasteiger partial charge in [-0.3, -0.25) is 4.79 Å². The highest BCUT2D eigenvalue weighted by Crippen LogP contribution is 2.32. The van der Waals surface area contributed by atoms with Gasteiger partial charge in [-0.1, -0.05) is 76.6 Å². The van der Waals surface area contributed by atoms with E-state index in [2.05, 4.69) is 21.0 Å². The second-order valence-electron chi connectivity index (χ2n) is 8.89. The molecule has 0 N–H and O–H groups in total. The van der Waals surface area contributed by atoms with Gasteiger partial charge in [0, 0.05) is 31.6 Å². The van der Waals surface area contributed by atoms with Crippen LogP contribution >= 0.6 is 39.1 Å². The van der Waals surface area contributed by atoms with Gasteiger partial charge in [0.25, 0.3) is 5.56 Å². The molecule has 0 spiro atoms. The van der Waals surface area contributed by atoms with Crippen molar-refractivity contribution < 1.29 is 4.74 Å². The van der Waals surface area contributed by atoms with Gasteiger partial charge >= 0.3 is 0 Å². The fourth-order valence-corrected chi connectivity index (χ4v) is 5.28. The van der Waals surface area contributed by atoms with E-state index in [4.69, 9.17) is 32.9 Å². The van der Waals surface area contributed by atoms with Gasteiger partial charge in [0.15, 0.2) is 0 Å². The Kier molecular flexibility index (Phi) is 7.75. The molecule has 5 rings (SSSR count). The number of fused-ring (bicyclic) bond motifs is 1. The fraction of sp³-hybridized carbons (Fsp3) is 0.250. The van der Waals surface area contributed by atoms with Crippen molar-refractivity contribution in [3.8, 4) is 5.75 Å². The van der Waals surface area contributed by atoms with E-state index in [0.717, 1.165) is 35.7 Å². The third kappa shape index (κ3) is 5.51. The van der Waals surface area contributed by atoms with Crippen LogP contribution in [0.5, 0.6) is 5.75 Å². The quantitative estimate of drug-likeness (QED) is 0.216. The summed E-state index contributed by atoms with van der Waals surface area (Å²) in [6, 6.07) is 18.4. The smallest absolute Gasteiger partial charge is 0.282 e. The molecule has 1 aromatic heterocycles. The minimum atomic E-state index is -0.196. The van der Waals surface area contributed by atoms with E-state index in [-0.39, 0.29) is 11.5 Å². The molecule has 1 saturated carbocycles. The second-order valence-corrected chi connectivity index (χ2v) is 10.6. The van der Waals surface area contributed by atoms with Gasteiger partial charge < -0.3 is 4.74 Å². The molecule has 0 aliphatic heterocycles. The maximum atomic E-state index is 13.6. The number of ether oxygens (including phenoxy) is 1. The van der Waals surface area contributed by atoms with E-state index in [9.17, 15) is 4.79 Å². The van der Waals surface area contributed by atoms with Crippen molar-refractivity contribution in [3.05, 3.63) is 102 Å². The first-order chi connectivity index (χ1) is 17.5. The second kappa shape index (κ2) is 11.2. The Labute approximate surface area is 227 Å².